The lowest BCUT2D eigenvalue weighted by molar-refractivity contribution is 0.102. The highest BCUT2D eigenvalue weighted by atomic mass is 19.1. The molecule has 3 aromatic rings. The van der Waals surface area contributed by atoms with Gasteiger partial charge in [0.2, 0.25) is 0 Å². The van der Waals surface area contributed by atoms with Gasteiger partial charge in [-0.15, -0.1) is 0 Å². The van der Waals surface area contributed by atoms with Crippen LogP contribution in [0.25, 0.3) is 0 Å². The van der Waals surface area contributed by atoms with E-state index in [1.54, 1.807) is 12.1 Å². The zero-order chi connectivity index (χ0) is 21.0. The molecule has 29 heavy (non-hydrogen) atoms. The third kappa shape index (κ3) is 5.29. The van der Waals surface area contributed by atoms with E-state index in [2.05, 4.69) is 20.9 Å². The van der Waals surface area contributed by atoms with E-state index in [-0.39, 0.29) is 17.2 Å². The van der Waals surface area contributed by atoms with E-state index in [1.165, 1.54) is 30.3 Å². The quantitative estimate of drug-likeness (QED) is 0.492. The van der Waals surface area contributed by atoms with Gasteiger partial charge in [0.25, 0.3) is 5.91 Å². The molecule has 3 rings (SSSR count). The van der Waals surface area contributed by atoms with Gasteiger partial charge in [-0.25, -0.2) is 14.2 Å². The van der Waals surface area contributed by atoms with Crippen molar-refractivity contribution in [3.8, 4) is 0 Å². The van der Waals surface area contributed by atoms with Gasteiger partial charge in [0.05, 0.1) is 5.69 Å². The Morgan fingerprint density at radius 2 is 1.69 bits per heavy atom. The molecule has 0 spiro atoms. The molecule has 0 saturated heterocycles. The normalized spacial score (nSPS) is 10.3. The Morgan fingerprint density at radius 3 is 2.38 bits per heavy atom. The van der Waals surface area contributed by atoms with Gasteiger partial charge in [-0.1, -0.05) is 12.1 Å². The number of hydrogen-bond donors (Lipinski definition) is 4. The topological polar surface area (TPSA) is 103 Å². The minimum absolute atomic E-state index is 0.00613. The summed E-state index contributed by atoms with van der Waals surface area (Å²) in [6, 6.07) is 13.9. The van der Waals surface area contributed by atoms with Crippen molar-refractivity contribution in [2.45, 2.75) is 13.8 Å². The van der Waals surface area contributed by atoms with Gasteiger partial charge in [-0.05, 0) is 61.4 Å². The van der Waals surface area contributed by atoms with Gasteiger partial charge < -0.3 is 15.7 Å². The summed E-state index contributed by atoms with van der Waals surface area (Å²) in [5.74, 6) is -0.765. The van der Waals surface area contributed by atoms with E-state index in [0.29, 0.717) is 11.4 Å². The first-order valence-corrected chi connectivity index (χ1v) is 8.73. The first-order valence-electron chi connectivity index (χ1n) is 8.73. The van der Waals surface area contributed by atoms with Crippen LogP contribution in [0.5, 0.6) is 0 Å². The SMILES string of the molecule is Cc1ccc(NC(=O)c2cc(NC(=O)O)cc(Nc3cccc(F)c3)n2)cc1C. The van der Waals surface area contributed by atoms with Gasteiger partial charge in [0.1, 0.15) is 17.3 Å². The second kappa shape index (κ2) is 8.39. The molecule has 8 heteroatoms. The summed E-state index contributed by atoms with van der Waals surface area (Å²) in [6.07, 6.45) is -1.28. The highest BCUT2D eigenvalue weighted by Crippen LogP contribution is 2.22. The Hall–Kier alpha value is -3.94. The number of benzene rings is 2. The molecule has 4 N–H and O–H groups in total. The van der Waals surface area contributed by atoms with E-state index < -0.39 is 17.8 Å². The Morgan fingerprint density at radius 1 is 0.897 bits per heavy atom. The molecule has 0 radical (unpaired) electrons. The third-order valence-corrected chi connectivity index (χ3v) is 4.17. The summed E-state index contributed by atoms with van der Waals surface area (Å²) < 4.78 is 13.4. The number of aryl methyl sites for hydroxylation is 2. The van der Waals surface area contributed by atoms with Gasteiger partial charge in [-0.3, -0.25) is 10.1 Å². The largest absolute Gasteiger partial charge is 0.465 e. The van der Waals surface area contributed by atoms with Gasteiger partial charge in [0, 0.05) is 17.4 Å². The number of anilines is 4. The minimum Gasteiger partial charge on any atom is -0.465 e. The maximum atomic E-state index is 13.4. The molecule has 0 aliphatic heterocycles. The Labute approximate surface area is 166 Å². The summed E-state index contributed by atoms with van der Waals surface area (Å²) in [5.41, 5.74) is 3.26. The number of nitrogens with zero attached hydrogens (tertiary/aromatic N) is 1. The molecule has 0 fully saturated rings. The Kier molecular flexibility index (Phi) is 5.73. The zero-order valence-electron chi connectivity index (χ0n) is 15.8. The molecule has 1 heterocycles. The molecule has 0 aliphatic carbocycles. The minimum atomic E-state index is -1.28. The van der Waals surface area contributed by atoms with E-state index >= 15 is 0 Å². The van der Waals surface area contributed by atoms with E-state index in [9.17, 15) is 14.0 Å². The summed E-state index contributed by atoms with van der Waals surface area (Å²) >= 11 is 0. The number of amides is 2. The lowest BCUT2D eigenvalue weighted by atomic mass is 10.1. The number of halogens is 1. The smallest absolute Gasteiger partial charge is 0.409 e. The number of carboxylic acid groups (broad SMARTS) is 1. The molecular weight excluding hydrogens is 375 g/mol. The molecule has 7 nitrogen and oxygen atoms in total. The maximum absolute atomic E-state index is 13.4. The van der Waals surface area contributed by atoms with E-state index in [1.807, 2.05) is 26.0 Å². The van der Waals surface area contributed by atoms with Crippen LogP contribution >= 0.6 is 0 Å². The lowest BCUT2D eigenvalue weighted by Crippen LogP contribution is -2.16. The van der Waals surface area contributed by atoms with Crippen LogP contribution in [0, 0.1) is 19.7 Å². The van der Waals surface area contributed by atoms with E-state index in [4.69, 9.17) is 5.11 Å². The maximum Gasteiger partial charge on any atom is 0.409 e. The number of carbonyl (C=O) groups is 2. The molecule has 2 aromatic carbocycles. The first-order chi connectivity index (χ1) is 13.8. The fraction of sp³-hybridized carbons (Fsp3) is 0.0952. The molecule has 0 atom stereocenters. The summed E-state index contributed by atoms with van der Waals surface area (Å²) in [5, 5.41) is 16.8. The number of aromatic nitrogens is 1. The van der Waals surface area contributed by atoms with Crippen LogP contribution in [0.15, 0.2) is 54.6 Å². The average Bonchev–Trinajstić information content (AvgIpc) is 2.64. The number of carbonyl (C=O) groups excluding carboxylic acids is 1. The monoisotopic (exact) mass is 394 g/mol. The van der Waals surface area contributed by atoms with Crippen molar-refractivity contribution in [3.63, 3.8) is 0 Å². The predicted molar refractivity (Wildman–Crippen MR) is 109 cm³/mol. The van der Waals surface area contributed by atoms with Crippen molar-refractivity contribution in [1.82, 2.24) is 4.98 Å². The van der Waals surface area contributed by atoms with Gasteiger partial charge >= 0.3 is 6.09 Å². The van der Waals surface area contributed by atoms with Gasteiger partial charge in [0.15, 0.2) is 0 Å². The molecule has 0 bridgehead atoms. The Bertz CT molecular complexity index is 1090. The van der Waals surface area contributed by atoms with Crippen molar-refractivity contribution in [1.29, 1.82) is 0 Å². The molecule has 0 saturated carbocycles. The standard InChI is InChI=1S/C21H19FN4O3/c1-12-6-7-16(8-13(12)2)24-20(27)18-10-17(25-21(28)29)11-19(26-18)23-15-5-3-4-14(22)9-15/h3-11H,1-2H3,(H,24,27)(H,28,29)(H2,23,25,26). The summed E-state index contributed by atoms with van der Waals surface area (Å²) in [6.45, 7) is 3.90. The van der Waals surface area contributed by atoms with Crippen LogP contribution in [0.1, 0.15) is 21.6 Å². The number of rotatable bonds is 5. The van der Waals surface area contributed by atoms with Crippen LogP contribution in [0.3, 0.4) is 0 Å². The molecule has 1 aromatic heterocycles. The van der Waals surface area contributed by atoms with Crippen LogP contribution in [-0.4, -0.2) is 22.1 Å². The second-order valence-electron chi connectivity index (χ2n) is 6.44. The molecule has 0 unspecified atom stereocenters. The fourth-order valence-corrected chi connectivity index (χ4v) is 2.63. The van der Waals surface area contributed by atoms with Gasteiger partial charge in [-0.2, -0.15) is 0 Å². The molecule has 148 valence electrons. The summed E-state index contributed by atoms with van der Waals surface area (Å²) in [4.78, 5) is 27.9. The van der Waals surface area contributed by atoms with Crippen LogP contribution in [0.2, 0.25) is 0 Å². The number of pyridine rings is 1. The zero-order valence-corrected chi connectivity index (χ0v) is 15.8. The van der Waals surface area contributed by atoms with Crippen LogP contribution in [0.4, 0.5) is 32.1 Å². The molecule has 0 aliphatic rings. The average molecular weight is 394 g/mol. The Balaban J connectivity index is 1.90. The van der Waals surface area contributed by atoms with Crippen molar-refractivity contribution in [2.24, 2.45) is 0 Å². The first kappa shape index (κ1) is 19.8. The van der Waals surface area contributed by atoms with Crippen molar-refractivity contribution in [3.05, 3.63) is 77.2 Å². The number of nitrogens with one attached hydrogen (secondary N) is 3. The summed E-state index contributed by atoms with van der Waals surface area (Å²) in [7, 11) is 0. The van der Waals surface area contributed by atoms with Crippen molar-refractivity contribution >= 4 is 34.9 Å². The highest BCUT2D eigenvalue weighted by molar-refractivity contribution is 6.04. The highest BCUT2D eigenvalue weighted by Gasteiger charge is 2.13. The molecule has 2 amide bonds. The van der Waals surface area contributed by atoms with Crippen LogP contribution in [-0.2, 0) is 0 Å². The molecular formula is C21H19FN4O3. The second-order valence-corrected chi connectivity index (χ2v) is 6.44. The van der Waals surface area contributed by atoms with Crippen molar-refractivity contribution < 1.29 is 19.1 Å². The lowest BCUT2D eigenvalue weighted by Gasteiger charge is -2.12. The van der Waals surface area contributed by atoms with Crippen molar-refractivity contribution in [2.75, 3.05) is 16.0 Å². The third-order valence-electron chi connectivity index (χ3n) is 4.17. The number of hydrogen-bond acceptors (Lipinski definition) is 4. The predicted octanol–water partition coefficient (Wildman–Crippen LogP) is 4.92. The fourth-order valence-electron chi connectivity index (χ4n) is 2.63. The van der Waals surface area contributed by atoms with Crippen LogP contribution < -0.4 is 16.0 Å². The van der Waals surface area contributed by atoms with E-state index in [0.717, 1.165) is 11.1 Å².